The summed E-state index contributed by atoms with van der Waals surface area (Å²) in [4.78, 5) is 0. The normalized spacial score (nSPS) is 11.3. The third-order valence-corrected chi connectivity index (χ3v) is 9.97. The van der Waals surface area contributed by atoms with Crippen molar-refractivity contribution >= 4 is 44.4 Å². The molecule has 0 spiro atoms. The lowest BCUT2D eigenvalue weighted by Crippen LogP contribution is -2.39. The first-order valence-electron chi connectivity index (χ1n) is 8.64. The summed E-state index contributed by atoms with van der Waals surface area (Å²) in [6, 6.07) is 41.4. The Kier molecular flexibility index (Phi) is 5.02. The molecule has 0 heterocycles. The third kappa shape index (κ3) is 2.92. The first-order chi connectivity index (χ1) is 12.8. The SMILES string of the molecule is Brc1ccccc1[P+](c1ccccc1)(c1ccccc1)c1ccccc1. The fourth-order valence-corrected chi connectivity index (χ4v) is 8.92. The second-order valence-corrected chi connectivity index (χ2v) is 10.4. The summed E-state index contributed by atoms with van der Waals surface area (Å²) < 4.78 is 1.16. The largest absolute Gasteiger partial charge is 0.145 e. The summed E-state index contributed by atoms with van der Waals surface area (Å²) in [5, 5.41) is 5.45. The summed E-state index contributed by atoms with van der Waals surface area (Å²) in [7, 11) is -1.99. The molecule has 4 rings (SSSR count). The number of halogens is 1. The molecule has 0 atom stereocenters. The molecule has 26 heavy (non-hydrogen) atoms. The predicted molar refractivity (Wildman–Crippen MR) is 119 cm³/mol. The third-order valence-electron chi connectivity index (χ3n) is 4.64. The number of hydrogen-bond acceptors (Lipinski definition) is 0. The molecule has 0 radical (unpaired) electrons. The summed E-state index contributed by atoms with van der Waals surface area (Å²) >= 11 is 3.85. The highest BCUT2D eigenvalue weighted by Gasteiger charge is 2.48. The van der Waals surface area contributed by atoms with Crippen molar-refractivity contribution < 1.29 is 0 Å². The second kappa shape index (κ2) is 7.58. The van der Waals surface area contributed by atoms with Crippen molar-refractivity contribution in [3.8, 4) is 0 Å². The van der Waals surface area contributed by atoms with Crippen LogP contribution in [0.15, 0.2) is 120 Å². The molecule has 2 heteroatoms. The Morgan fingerprint density at radius 1 is 0.423 bits per heavy atom. The maximum Gasteiger partial charge on any atom is 0.145 e. The van der Waals surface area contributed by atoms with Gasteiger partial charge in [0.15, 0.2) is 0 Å². The van der Waals surface area contributed by atoms with Crippen molar-refractivity contribution in [2.75, 3.05) is 0 Å². The lowest BCUT2D eigenvalue weighted by Gasteiger charge is -2.28. The van der Waals surface area contributed by atoms with E-state index in [1.54, 1.807) is 0 Å². The Labute approximate surface area is 164 Å². The molecule has 4 aromatic rings. The Balaban J connectivity index is 2.17. The lowest BCUT2D eigenvalue weighted by atomic mass is 10.3. The summed E-state index contributed by atoms with van der Waals surface area (Å²) in [5.74, 6) is 0. The van der Waals surface area contributed by atoms with E-state index >= 15 is 0 Å². The minimum atomic E-state index is -1.99. The van der Waals surface area contributed by atoms with Crippen LogP contribution in [0.2, 0.25) is 0 Å². The fourth-order valence-electron chi connectivity index (χ4n) is 3.54. The predicted octanol–water partition coefficient (Wildman–Crippen LogP) is 5.07. The summed E-state index contributed by atoms with van der Waals surface area (Å²) in [6.07, 6.45) is 0. The van der Waals surface area contributed by atoms with Crippen LogP contribution in [-0.2, 0) is 0 Å². The molecule has 0 N–H and O–H groups in total. The van der Waals surface area contributed by atoms with Crippen LogP contribution in [0.25, 0.3) is 0 Å². The lowest BCUT2D eigenvalue weighted by molar-refractivity contribution is 1.68. The van der Waals surface area contributed by atoms with Gasteiger partial charge in [-0.25, -0.2) is 0 Å². The molecular weight excluding hydrogens is 399 g/mol. The number of rotatable bonds is 4. The Hall–Kier alpha value is -2.21. The topological polar surface area (TPSA) is 0 Å². The highest BCUT2D eigenvalue weighted by atomic mass is 79.9. The van der Waals surface area contributed by atoms with Crippen molar-refractivity contribution in [3.05, 3.63) is 120 Å². The van der Waals surface area contributed by atoms with Gasteiger partial charge < -0.3 is 0 Å². The molecular formula is C24H19BrP+. The Morgan fingerprint density at radius 2 is 0.769 bits per heavy atom. The molecule has 0 aliphatic rings. The van der Waals surface area contributed by atoms with Crippen LogP contribution >= 0.6 is 23.2 Å². The van der Waals surface area contributed by atoms with Gasteiger partial charge in [0.25, 0.3) is 0 Å². The average Bonchev–Trinajstić information content (AvgIpc) is 2.72. The van der Waals surface area contributed by atoms with E-state index in [0.717, 1.165) is 4.47 Å². The van der Waals surface area contributed by atoms with Crippen LogP contribution in [0, 0.1) is 0 Å². The van der Waals surface area contributed by atoms with Crippen molar-refractivity contribution in [3.63, 3.8) is 0 Å². The Morgan fingerprint density at radius 3 is 1.15 bits per heavy atom. The van der Waals surface area contributed by atoms with Crippen LogP contribution in [0.4, 0.5) is 0 Å². The smallest absolute Gasteiger partial charge is 0.0620 e. The van der Waals surface area contributed by atoms with Crippen molar-refractivity contribution in [2.45, 2.75) is 0 Å². The molecule has 0 aliphatic heterocycles. The van der Waals surface area contributed by atoms with Gasteiger partial charge in [0.1, 0.15) is 28.5 Å². The molecule has 0 fully saturated rings. The van der Waals surface area contributed by atoms with E-state index in [2.05, 4.69) is 131 Å². The zero-order valence-electron chi connectivity index (χ0n) is 14.3. The summed E-state index contributed by atoms with van der Waals surface area (Å²) in [5.41, 5.74) is 0. The van der Waals surface area contributed by atoms with E-state index in [9.17, 15) is 0 Å². The van der Waals surface area contributed by atoms with Crippen molar-refractivity contribution in [1.29, 1.82) is 0 Å². The van der Waals surface area contributed by atoms with Gasteiger partial charge in [0.2, 0.25) is 0 Å². The van der Waals surface area contributed by atoms with Crippen LogP contribution in [0.3, 0.4) is 0 Å². The van der Waals surface area contributed by atoms with Gasteiger partial charge >= 0.3 is 0 Å². The maximum atomic E-state index is 3.85. The van der Waals surface area contributed by atoms with E-state index in [1.807, 2.05) is 0 Å². The molecule has 0 bridgehead atoms. The quantitative estimate of drug-likeness (QED) is 0.406. The van der Waals surface area contributed by atoms with Crippen LogP contribution in [0.1, 0.15) is 0 Å². The van der Waals surface area contributed by atoms with Gasteiger partial charge in [-0.2, -0.15) is 0 Å². The highest BCUT2D eigenvalue weighted by molar-refractivity contribution is 9.10. The molecule has 126 valence electrons. The monoisotopic (exact) mass is 417 g/mol. The molecule has 0 saturated carbocycles. The molecule has 0 aliphatic carbocycles. The van der Waals surface area contributed by atoms with E-state index < -0.39 is 7.26 Å². The first kappa shape index (κ1) is 17.2. The van der Waals surface area contributed by atoms with E-state index in [0.29, 0.717) is 0 Å². The van der Waals surface area contributed by atoms with Gasteiger partial charge in [0, 0.05) is 0 Å². The van der Waals surface area contributed by atoms with Crippen molar-refractivity contribution in [2.24, 2.45) is 0 Å². The molecule has 0 unspecified atom stereocenters. The highest BCUT2D eigenvalue weighted by Crippen LogP contribution is 2.55. The van der Waals surface area contributed by atoms with Gasteiger partial charge in [0.05, 0.1) is 4.47 Å². The van der Waals surface area contributed by atoms with Gasteiger partial charge in [-0.15, -0.1) is 0 Å². The van der Waals surface area contributed by atoms with Crippen LogP contribution in [0.5, 0.6) is 0 Å². The average molecular weight is 418 g/mol. The molecule has 0 amide bonds. The summed E-state index contributed by atoms with van der Waals surface area (Å²) in [6.45, 7) is 0. The fraction of sp³-hybridized carbons (Fsp3) is 0. The second-order valence-electron chi connectivity index (χ2n) is 6.13. The minimum Gasteiger partial charge on any atom is -0.0620 e. The standard InChI is InChI=1S/C24H19BrP/c25-23-18-10-11-19-24(23)26(20-12-4-1-5-13-20,21-14-6-2-7-15-21)22-16-8-3-9-17-22/h1-19H/q+1. The van der Waals surface area contributed by atoms with E-state index in [4.69, 9.17) is 0 Å². The minimum absolute atomic E-state index is 1.16. The molecule has 0 saturated heterocycles. The first-order valence-corrected chi connectivity index (χ1v) is 11.2. The number of hydrogen-bond donors (Lipinski definition) is 0. The molecule has 4 aromatic carbocycles. The van der Waals surface area contributed by atoms with E-state index in [-0.39, 0.29) is 0 Å². The zero-order valence-corrected chi connectivity index (χ0v) is 16.8. The zero-order chi connectivity index (χ0) is 17.8. The maximum absolute atomic E-state index is 3.85. The van der Waals surface area contributed by atoms with Crippen molar-refractivity contribution in [1.82, 2.24) is 0 Å². The van der Waals surface area contributed by atoms with Gasteiger partial charge in [-0.1, -0.05) is 66.7 Å². The molecule has 0 nitrogen and oxygen atoms in total. The van der Waals surface area contributed by atoms with Crippen LogP contribution < -0.4 is 21.2 Å². The number of benzene rings is 4. The Bertz CT molecular complexity index is 885. The van der Waals surface area contributed by atoms with Crippen LogP contribution in [-0.4, -0.2) is 0 Å². The van der Waals surface area contributed by atoms with E-state index in [1.165, 1.54) is 21.2 Å². The van der Waals surface area contributed by atoms with Gasteiger partial charge in [-0.3, -0.25) is 0 Å². The van der Waals surface area contributed by atoms with Gasteiger partial charge in [-0.05, 0) is 64.5 Å². The molecule has 0 aromatic heterocycles.